The van der Waals surface area contributed by atoms with Crippen molar-refractivity contribution >= 4 is 17.7 Å². The molecule has 0 saturated carbocycles. The molecular formula is C6H10N4S. The van der Waals surface area contributed by atoms with Gasteiger partial charge in [-0.15, -0.1) is 11.7 Å². The number of aromatic nitrogens is 3. The second-order valence-electron chi connectivity index (χ2n) is 1.93. The second-order valence-corrected chi connectivity index (χ2v) is 2.99. The van der Waals surface area contributed by atoms with Gasteiger partial charge in [-0.25, -0.2) is 5.10 Å². The minimum Gasteiger partial charge on any atom is -0.368 e. The summed E-state index contributed by atoms with van der Waals surface area (Å²) in [7, 11) is 0. The lowest BCUT2D eigenvalue weighted by atomic mass is 10.5. The molecule has 0 spiro atoms. The van der Waals surface area contributed by atoms with E-state index in [0.717, 1.165) is 12.2 Å². The first-order valence-corrected chi connectivity index (χ1v) is 4.23. The summed E-state index contributed by atoms with van der Waals surface area (Å²) in [5.41, 5.74) is 5.32. The SMILES string of the molecule is C=CCCSc1n[nH]c(N)n1. The van der Waals surface area contributed by atoms with Crippen LogP contribution in [0.4, 0.5) is 5.95 Å². The quantitative estimate of drug-likeness (QED) is 0.402. The van der Waals surface area contributed by atoms with Crippen molar-refractivity contribution in [3.8, 4) is 0 Å². The van der Waals surface area contributed by atoms with Crippen LogP contribution in [0.1, 0.15) is 6.42 Å². The molecule has 0 aliphatic rings. The highest BCUT2D eigenvalue weighted by Gasteiger charge is 1.98. The van der Waals surface area contributed by atoms with Crippen molar-refractivity contribution < 1.29 is 0 Å². The monoisotopic (exact) mass is 170 g/mol. The summed E-state index contributed by atoms with van der Waals surface area (Å²) < 4.78 is 0. The van der Waals surface area contributed by atoms with E-state index in [9.17, 15) is 0 Å². The highest BCUT2D eigenvalue weighted by atomic mass is 32.2. The van der Waals surface area contributed by atoms with Crippen LogP contribution in [0.3, 0.4) is 0 Å². The summed E-state index contributed by atoms with van der Waals surface area (Å²) in [6.07, 6.45) is 2.82. The van der Waals surface area contributed by atoms with Crippen LogP contribution in [-0.2, 0) is 0 Å². The molecule has 0 unspecified atom stereocenters. The molecule has 3 N–H and O–H groups in total. The number of aromatic amines is 1. The van der Waals surface area contributed by atoms with Crippen LogP contribution in [0, 0.1) is 0 Å². The van der Waals surface area contributed by atoms with E-state index >= 15 is 0 Å². The zero-order chi connectivity index (χ0) is 8.10. The summed E-state index contributed by atoms with van der Waals surface area (Å²) >= 11 is 1.56. The topological polar surface area (TPSA) is 67.6 Å². The first-order valence-electron chi connectivity index (χ1n) is 3.24. The van der Waals surface area contributed by atoms with Gasteiger partial charge < -0.3 is 5.73 Å². The summed E-state index contributed by atoms with van der Waals surface area (Å²) in [6.45, 7) is 3.61. The van der Waals surface area contributed by atoms with E-state index in [0.29, 0.717) is 11.1 Å². The van der Waals surface area contributed by atoms with Gasteiger partial charge in [0, 0.05) is 5.75 Å². The van der Waals surface area contributed by atoms with Crippen LogP contribution in [-0.4, -0.2) is 20.9 Å². The van der Waals surface area contributed by atoms with Gasteiger partial charge in [0.2, 0.25) is 11.1 Å². The number of nitrogens with zero attached hydrogens (tertiary/aromatic N) is 2. The lowest BCUT2D eigenvalue weighted by Gasteiger charge is -1.89. The van der Waals surface area contributed by atoms with E-state index in [1.54, 1.807) is 11.8 Å². The summed E-state index contributed by atoms with van der Waals surface area (Å²) in [6, 6.07) is 0. The fourth-order valence-electron chi connectivity index (χ4n) is 0.556. The fourth-order valence-corrected chi connectivity index (χ4v) is 1.30. The average Bonchev–Trinajstić information content (AvgIpc) is 2.37. The van der Waals surface area contributed by atoms with Crippen molar-refractivity contribution in [3.05, 3.63) is 12.7 Å². The highest BCUT2D eigenvalue weighted by molar-refractivity contribution is 7.99. The molecular weight excluding hydrogens is 160 g/mol. The average molecular weight is 170 g/mol. The maximum absolute atomic E-state index is 5.32. The molecule has 0 saturated heterocycles. The maximum atomic E-state index is 5.32. The molecule has 0 radical (unpaired) electrons. The number of thioether (sulfide) groups is 1. The molecule has 60 valence electrons. The van der Waals surface area contributed by atoms with Crippen LogP contribution in [0.15, 0.2) is 17.8 Å². The number of hydrogen-bond acceptors (Lipinski definition) is 4. The van der Waals surface area contributed by atoms with Crippen molar-refractivity contribution in [1.82, 2.24) is 15.2 Å². The Kier molecular flexibility index (Phi) is 2.97. The maximum Gasteiger partial charge on any atom is 0.216 e. The van der Waals surface area contributed by atoms with Crippen LogP contribution in [0.2, 0.25) is 0 Å². The molecule has 1 aromatic heterocycles. The molecule has 0 atom stereocenters. The van der Waals surface area contributed by atoms with Gasteiger partial charge in [0.05, 0.1) is 0 Å². The van der Waals surface area contributed by atoms with E-state index < -0.39 is 0 Å². The summed E-state index contributed by atoms with van der Waals surface area (Å²) in [5.74, 6) is 1.31. The number of nitrogens with two attached hydrogens (primary N) is 1. The number of allylic oxidation sites excluding steroid dienone is 1. The van der Waals surface area contributed by atoms with E-state index in [1.165, 1.54) is 0 Å². The van der Waals surface area contributed by atoms with E-state index in [1.807, 2.05) is 6.08 Å². The molecule has 1 aromatic rings. The molecule has 1 heterocycles. The van der Waals surface area contributed by atoms with Crippen LogP contribution in [0.25, 0.3) is 0 Å². The second kappa shape index (κ2) is 4.02. The Balaban J connectivity index is 2.32. The molecule has 4 nitrogen and oxygen atoms in total. The molecule has 5 heteroatoms. The zero-order valence-corrected chi connectivity index (χ0v) is 6.90. The van der Waals surface area contributed by atoms with Crippen LogP contribution >= 0.6 is 11.8 Å². The van der Waals surface area contributed by atoms with Crippen LogP contribution < -0.4 is 5.73 Å². The highest BCUT2D eigenvalue weighted by Crippen LogP contribution is 2.13. The summed E-state index contributed by atoms with van der Waals surface area (Å²) in [5, 5.41) is 7.12. The third-order valence-electron chi connectivity index (χ3n) is 1.04. The summed E-state index contributed by atoms with van der Waals surface area (Å²) in [4.78, 5) is 3.92. The number of hydrogen-bond donors (Lipinski definition) is 2. The smallest absolute Gasteiger partial charge is 0.216 e. The predicted octanol–water partition coefficient (Wildman–Crippen LogP) is 1.06. The number of H-pyrrole nitrogens is 1. The Morgan fingerprint density at radius 2 is 2.55 bits per heavy atom. The minimum atomic E-state index is 0.367. The molecule has 1 rings (SSSR count). The number of nitrogens with one attached hydrogen (secondary N) is 1. The van der Waals surface area contributed by atoms with Crippen molar-refractivity contribution in [2.75, 3.05) is 11.5 Å². The molecule has 0 amide bonds. The largest absolute Gasteiger partial charge is 0.368 e. The Morgan fingerprint density at radius 1 is 1.73 bits per heavy atom. The minimum absolute atomic E-state index is 0.367. The van der Waals surface area contributed by atoms with Gasteiger partial charge in [-0.1, -0.05) is 17.8 Å². The van der Waals surface area contributed by atoms with Gasteiger partial charge >= 0.3 is 0 Å². The van der Waals surface area contributed by atoms with Gasteiger partial charge in [0.25, 0.3) is 0 Å². The number of rotatable bonds is 4. The molecule has 0 bridgehead atoms. The third-order valence-corrected chi connectivity index (χ3v) is 1.92. The van der Waals surface area contributed by atoms with Crippen molar-refractivity contribution in [3.63, 3.8) is 0 Å². The Hall–Kier alpha value is -0.970. The fraction of sp³-hybridized carbons (Fsp3) is 0.333. The first-order chi connectivity index (χ1) is 5.33. The molecule has 0 fully saturated rings. The Labute approximate surface area is 69.3 Å². The van der Waals surface area contributed by atoms with Gasteiger partial charge in [-0.05, 0) is 6.42 Å². The van der Waals surface area contributed by atoms with Gasteiger partial charge in [-0.2, -0.15) is 4.98 Å². The lowest BCUT2D eigenvalue weighted by molar-refractivity contribution is 0.972. The van der Waals surface area contributed by atoms with Crippen molar-refractivity contribution in [1.29, 1.82) is 0 Å². The zero-order valence-electron chi connectivity index (χ0n) is 6.08. The molecule has 0 aliphatic carbocycles. The molecule has 11 heavy (non-hydrogen) atoms. The van der Waals surface area contributed by atoms with Crippen molar-refractivity contribution in [2.45, 2.75) is 11.6 Å². The van der Waals surface area contributed by atoms with E-state index in [2.05, 4.69) is 21.8 Å². The van der Waals surface area contributed by atoms with E-state index in [4.69, 9.17) is 5.73 Å². The normalized spacial score (nSPS) is 9.82. The Morgan fingerprint density at radius 3 is 3.09 bits per heavy atom. The number of anilines is 1. The third kappa shape index (κ3) is 2.63. The van der Waals surface area contributed by atoms with Gasteiger partial charge in [-0.3, -0.25) is 0 Å². The first kappa shape index (κ1) is 8.13. The van der Waals surface area contributed by atoms with Crippen molar-refractivity contribution in [2.24, 2.45) is 0 Å². The van der Waals surface area contributed by atoms with Crippen LogP contribution in [0.5, 0.6) is 0 Å². The standard InChI is InChI=1S/C6H10N4S/c1-2-3-4-11-6-8-5(7)9-10-6/h2H,1,3-4H2,(H3,7,8,9,10). The van der Waals surface area contributed by atoms with Gasteiger partial charge in [0.15, 0.2) is 0 Å². The predicted molar refractivity (Wildman–Crippen MR) is 46.3 cm³/mol. The lowest BCUT2D eigenvalue weighted by Crippen LogP contribution is -1.85. The van der Waals surface area contributed by atoms with Gasteiger partial charge in [0.1, 0.15) is 0 Å². The van der Waals surface area contributed by atoms with E-state index in [-0.39, 0.29) is 0 Å². The molecule has 0 aromatic carbocycles. The molecule has 0 aliphatic heterocycles. The Bertz CT molecular complexity index is 232. The number of nitrogen functional groups attached to an aromatic ring is 1.